The average Bonchev–Trinajstić information content (AvgIpc) is 2.73. The highest BCUT2D eigenvalue weighted by Gasteiger charge is 2.44. The molecule has 0 N–H and O–H groups in total. The van der Waals surface area contributed by atoms with Crippen LogP contribution in [-0.2, 0) is 9.59 Å². The molecule has 0 bridgehead atoms. The van der Waals surface area contributed by atoms with Crippen molar-refractivity contribution in [2.45, 2.75) is 46.0 Å². The van der Waals surface area contributed by atoms with Crippen molar-refractivity contribution in [1.29, 1.82) is 0 Å². The molecule has 1 unspecified atom stereocenters. The molecule has 3 heteroatoms. The maximum atomic E-state index is 13.5. The van der Waals surface area contributed by atoms with Crippen molar-refractivity contribution in [3.05, 3.63) is 89.1 Å². The zero-order valence-electron chi connectivity index (χ0n) is 18.3. The SMILES string of the molecule is Cc1ccccc1N1C(=O)CC(c2ccc3ccccc3c2)C2=C1CC(C)(C)CC2=O. The first-order chi connectivity index (χ1) is 14.8. The van der Waals surface area contributed by atoms with Crippen LogP contribution in [0.3, 0.4) is 0 Å². The van der Waals surface area contributed by atoms with Gasteiger partial charge in [0.25, 0.3) is 0 Å². The molecule has 1 amide bonds. The summed E-state index contributed by atoms with van der Waals surface area (Å²) >= 11 is 0. The van der Waals surface area contributed by atoms with Crippen molar-refractivity contribution in [3.8, 4) is 0 Å². The lowest BCUT2D eigenvalue weighted by atomic mass is 9.69. The summed E-state index contributed by atoms with van der Waals surface area (Å²) in [6, 6.07) is 22.5. The molecule has 3 aromatic carbocycles. The topological polar surface area (TPSA) is 37.4 Å². The highest BCUT2D eigenvalue weighted by molar-refractivity contribution is 6.08. The van der Waals surface area contributed by atoms with Crippen molar-refractivity contribution in [2.75, 3.05) is 4.90 Å². The quantitative estimate of drug-likeness (QED) is 0.497. The first kappa shape index (κ1) is 19.7. The van der Waals surface area contributed by atoms with Gasteiger partial charge in [0.1, 0.15) is 0 Å². The molecule has 2 aliphatic rings. The number of allylic oxidation sites excluding steroid dienone is 2. The molecule has 156 valence electrons. The molecule has 0 radical (unpaired) electrons. The minimum atomic E-state index is -0.184. The number of rotatable bonds is 2. The molecule has 31 heavy (non-hydrogen) atoms. The van der Waals surface area contributed by atoms with Gasteiger partial charge < -0.3 is 0 Å². The number of hydrogen-bond donors (Lipinski definition) is 0. The van der Waals surface area contributed by atoms with Crippen LogP contribution >= 0.6 is 0 Å². The van der Waals surface area contributed by atoms with E-state index in [2.05, 4.69) is 44.2 Å². The zero-order valence-corrected chi connectivity index (χ0v) is 18.3. The third-order valence-corrected chi connectivity index (χ3v) is 6.68. The van der Waals surface area contributed by atoms with Gasteiger partial charge >= 0.3 is 0 Å². The minimum Gasteiger partial charge on any atom is -0.294 e. The van der Waals surface area contributed by atoms with Crippen molar-refractivity contribution >= 4 is 28.2 Å². The number of hydrogen-bond acceptors (Lipinski definition) is 2. The van der Waals surface area contributed by atoms with Crippen LogP contribution in [0.15, 0.2) is 78.0 Å². The second-order valence-corrected chi connectivity index (χ2v) is 9.68. The summed E-state index contributed by atoms with van der Waals surface area (Å²) in [5.74, 6) is 0.0585. The van der Waals surface area contributed by atoms with Gasteiger partial charge in [0, 0.05) is 30.0 Å². The fourth-order valence-corrected chi connectivity index (χ4v) is 5.22. The van der Waals surface area contributed by atoms with Crippen LogP contribution in [0.2, 0.25) is 0 Å². The number of aryl methyl sites for hydroxylation is 1. The molecule has 0 aromatic heterocycles. The van der Waals surface area contributed by atoms with Crippen molar-refractivity contribution < 1.29 is 9.59 Å². The highest BCUT2D eigenvalue weighted by atomic mass is 16.2. The Morgan fingerprint density at radius 3 is 2.35 bits per heavy atom. The lowest BCUT2D eigenvalue weighted by molar-refractivity contribution is -0.121. The van der Waals surface area contributed by atoms with Crippen LogP contribution in [0, 0.1) is 12.3 Å². The average molecular weight is 410 g/mol. The second kappa shape index (κ2) is 7.19. The molecule has 1 aliphatic heterocycles. The molecule has 3 nitrogen and oxygen atoms in total. The number of Topliss-reactive ketones (excluding diaryl/α,β-unsaturated/α-hetero) is 1. The van der Waals surface area contributed by atoms with E-state index in [0.717, 1.165) is 39.9 Å². The van der Waals surface area contributed by atoms with Gasteiger partial charge in [-0.05, 0) is 46.7 Å². The predicted octanol–water partition coefficient (Wildman–Crippen LogP) is 6.31. The van der Waals surface area contributed by atoms with E-state index in [0.29, 0.717) is 12.8 Å². The molecule has 0 spiro atoms. The van der Waals surface area contributed by atoms with Gasteiger partial charge in [0.15, 0.2) is 5.78 Å². The predicted molar refractivity (Wildman–Crippen MR) is 125 cm³/mol. The number of nitrogens with zero attached hydrogens (tertiary/aromatic N) is 1. The van der Waals surface area contributed by atoms with E-state index in [1.807, 2.05) is 48.2 Å². The summed E-state index contributed by atoms with van der Waals surface area (Å²) in [5, 5.41) is 2.31. The van der Waals surface area contributed by atoms with Crippen LogP contribution in [0.1, 0.15) is 50.2 Å². The van der Waals surface area contributed by atoms with E-state index in [1.165, 1.54) is 5.39 Å². The van der Waals surface area contributed by atoms with Crippen LogP contribution in [0.4, 0.5) is 5.69 Å². The molecule has 1 heterocycles. The zero-order chi connectivity index (χ0) is 21.8. The molecule has 0 saturated carbocycles. The van der Waals surface area contributed by atoms with Gasteiger partial charge in [0.05, 0.1) is 5.69 Å². The Morgan fingerprint density at radius 2 is 1.58 bits per heavy atom. The van der Waals surface area contributed by atoms with Gasteiger partial charge in [-0.25, -0.2) is 0 Å². The second-order valence-electron chi connectivity index (χ2n) is 9.68. The van der Waals surface area contributed by atoms with E-state index in [4.69, 9.17) is 0 Å². The van der Waals surface area contributed by atoms with Gasteiger partial charge in [-0.2, -0.15) is 0 Å². The van der Waals surface area contributed by atoms with E-state index < -0.39 is 0 Å². The Bertz CT molecular complexity index is 1250. The molecule has 0 saturated heterocycles. The first-order valence-electron chi connectivity index (χ1n) is 11.0. The lowest BCUT2D eigenvalue weighted by Gasteiger charge is -2.43. The number of anilines is 1. The molecule has 3 aromatic rings. The van der Waals surface area contributed by atoms with Gasteiger partial charge in [-0.15, -0.1) is 0 Å². The number of fused-ring (bicyclic) bond motifs is 1. The molecular weight excluding hydrogens is 382 g/mol. The fraction of sp³-hybridized carbons (Fsp3) is 0.286. The summed E-state index contributed by atoms with van der Waals surface area (Å²) < 4.78 is 0. The first-order valence-corrected chi connectivity index (χ1v) is 11.0. The van der Waals surface area contributed by atoms with Crippen LogP contribution in [-0.4, -0.2) is 11.7 Å². The third-order valence-electron chi connectivity index (χ3n) is 6.68. The number of ketones is 1. The van der Waals surface area contributed by atoms with Gasteiger partial charge in [-0.1, -0.05) is 74.5 Å². The maximum Gasteiger partial charge on any atom is 0.232 e. The highest BCUT2D eigenvalue weighted by Crippen LogP contribution is 2.48. The molecule has 1 atom stereocenters. The van der Waals surface area contributed by atoms with Crippen molar-refractivity contribution in [2.24, 2.45) is 5.41 Å². The number of para-hydroxylation sites is 1. The Morgan fingerprint density at radius 1 is 0.871 bits per heavy atom. The number of carbonyl (C=O) groups excluding carboxylic acids is 2. The maximum absolute atomic E-state index is 13.5. The summed E-state index contributed by atoms with van der Waals surface area (Å²) in [4.78, 5) is 28.8. The standard InChI is InChI=1S/C28H27NO2/c1-18-8-4-7-11-23(18)29-24-16-28(2,3)17-25(30)27(24)22(15-26(29)31)21-13-12-19-9-5-6-10-20(19)14-21/h4-14,22H,15-17H2,1-3H3. The van der Waals surface area contributed by atoms with Crippen molar-refractivity contribution in [3.63, 3.8) is 0 Å². The largest absolute Gasteiger partial charge is 0.294 e. The Labute approximate surface area is 183 Å². The minimum absolute atomic E-state index is 0.0664. The summed E-state index contributed by atoms with van der Waals surface area (Å²) in [6.45, 7) is 6.26. The lowest BCUT2D eigenvalue weighted by Crippen LogP contribution is -2.44. The van der Waals surface area contributed by atoms with E-state index in [9.17, 15) is 9.59 Å². The van der Waals surface area contributed by atoms with Gasteiger partial charge in [0.2, 0.25) is 5.91 Å². The van der Waals surface area contributed by atoms with Gasteiger partial charge in [-0.3, -0.25) is 14.5 Å². The van der Waals surface area contributed by atoms with Crippen molar-refractivity contribution in [1.82, 2.24) is 0 Å². The van der Waals surface area contributed by atoms with Crippen LogP contribution in [0.5, 0.6) is 0 Å². The summed E-state index contributed by atoms with van der Waals surface area (Å²) in [6.07, 6.45) is 1.56. The van der Waals surface area contributed by atoms with Crippen LogP contribution in [0.25, 0.3) is 10.8 Å². The molecule has 5 rings (SSSR count). The molecule has 1 aliphatic carbocycles. The number of carbonyl (C=O) groups is 2. The fourth-order valence-electron chi connectivity index (χ4n) is 5.22. The summed E-state index contributed by atoms with van der Waals surface area (Å²) in [5.41, 5.74) is 4.55. The Hall–Kier alpha value is -3.20. The van der Waals surface area contributed by atoms with Crippen LogP contribution < -0.4 is 4.90 Å². The Balaban J connectivity index is 1.70. The van der Waals surface area contributed by atoms with E-state index in [-0.39, 0.29) is 23.0 Å². The summed E-state index contributed by atoms with van der Waals surface area (Å²) in [7, 11) is 0. The Kier molecular flexibility index (Phi) is 4.58. The molecule has 0 fully saturated rings. The molecular formula is C28H27NO2. The normalized spacial score (nSPS) is 20.9. The number of benzene rings is 3. The smallest absolute Gasteiger partial charge is 0.232 e. The third kappa shape index (κ3) is 3.38. The monoisotopic (exact) mass is 409 g/mol. The number of amides is 1. The van der Waals surface area contributed by atoms with E-state index in [1.54, 1.807) is 0 Å². The van der Waals surface area contributed by atoms with E-state index >= 15 is 0 Å².